The van der Waals surface area contributed by atoms with Crippen molar-refractivity contribution in [3.05, 3.63) is 30.1 Å². The molecule has 3 heterocycles. The molecule has 2 unspecified atom stereocenters. The molecule has 1 amide bonds. The molecule has 2 saturated heterocycles. The topological polar surface area (TPSA) is 33.2 Å². The van der Waals surface area contributed by atoms with Crippen LogP contribution in [0.25, 0.3) is 0 Å². The molecule has 2 aliphatic heterocycles. The summed E-state index contributed by atoms with van der Waals surface area (Å²) in [6.07, 6.45) is 7.42. The van der Waals surface area contributed by atoms with Gasteiger partial charge in [-0.1, -0.05) is 0 Å². The zero-order valence-corrected chi connectivity index (χ0v) is 10.3. The number of amides is 1. The van der Waals surface area contributed by atoms with E-state index in [0.29, 0.717) is 12.1 Å². The molecule has 2 fully saturated rings. The minimum atomic E-state index is 0.142. The van der Waals surface area contributed by atoms with Crippen molar-refractivity contribution in [2.45, 2.75) is 43.1 Å². The zero-order chi connectivity index (χ0) is 11.8. The van der Waals surface area contributed by atoms with Crippen LogP contribution in [0.1, 0.15) is 36.0 Å². The van der Waals surface area contributed by atoms with Gasteiger partial charge in [0, 0.05) is 35.4 Å². The van der Waals surface area contributed by atoms with Gasteiger partial charge >= 0.3 is 0 Å². The lowest BCUT2D eigenvalue weighted by Crippen LogP contribution is -2.46. The van der Waals surface area contributed by atoms with Crippen LogP contribution in [0.5, 0.6) is 0 Å². The number of nitrogens with zero attached hydrogens (tertiary/aromatic N) is 2. The average Bonchev–Trinajstić information content (AvgIpc) is 2.62. The zero-order valence-electron chi connectivity index (χ0n) is 9.55. The van der Waals surface area contributed by atoms with Crippen molar-refractivity contribution < 1.29 is 4.79 Å². The number of aromatic nitrogens is 1. The highest BCUT2D eigenvalue weighted by Gasteiger charge is 2.42. The summed E-state index contributed by atoms with van der Waals surface area (Å²) >= 11 is 6.21. The van der Waals surface area contributed by atoms with Crippen LogP contribution in [-0.4, -0.2) is 33.3 Å². The summed E-state index contributed by atoms with van der Waals surface area (Å²) < 4.78 is 0. The number of pyridine rings is 1. The molecule has 2 aliphatic rings. The lowest BCUT2D eigenvalue weighted by atomic mass is 10.0. The molecule has 0 N–H and O–H groups in total. The Hall–Kier alpha value is -1.09. The molecule has 0 spiro atoms. The minimum Gasteiger partial charge on any atom is -0.333 e. The van der Waals surface area contributed by atoms with Gasteiger partial charge in [0.15, 0.2) is 0 Å². The Morgan fingerprint density at radius 1 is 1.24 bits per heavy atom. The maximum absolute atomic E-state index is 12.4. The van der Waals surface area contributed by atoms with Crippen molar-refractivity contribution in [1.29, 1.82) is 0 Å². The van der Waals surface area contributed by atoms with Crippen LogP contribution in [0.3, 0.4) is 0 Å². The van der Waals surface area contributed by atoms with E-state index in [1.807, 2.05) is 4.90 Å². The number of fused-ring (bicyclic) bond motifs is 2. The quantitative estimate of drug-likeness (QED) is 0.718. The number of carbonyl (C=O) groups is 1. The molecule has 1 aromatic rings. The number of hydrogen-bond donors (Lipinski definition) is 0. The Balaban J connectivity index is 1.84. The monoisotopic (exact) mass is 250 g/mol. The highest BCUT2D eigenvalue weighted by Crippen LogP contribution is 2.38. The summed E-state index contributed by atoms with van der Waals surface area (Å²) in [5.74, 6) is 0.142. The van der Waals surface area contributed by atoms with E-state index < -0.39 is 0 Å². The second-order valence-corrected chi connectivity index (χ2v) is 5.52. The van der Waals surface area contributed by atoms with E-state index in [2.05, 4.69) is 4.98 Å². The van der Waals surface area contributed by atoms with E-state index in [-0.39, 0.29) is 11.3 Å². The first kappa shape index (κ1) is 11.0. The van der Waals surface area contributed by atoms with Gasteiger partial charge in [-0.05, 0) is 37.8 Å². The molecular weight excluding hydrogens is 236 g/mol. The Morgan fingerprint density at radius 3 is 2.41 bits per heavy atom. The van der Waals surface area contributed by atoms with Gasteiger partial charge in [-0.3, -0.25) is 9.78 Å². The van der Waals surface area contributed by atoms with Crippen LogP contribution in [0.4, 0.5) is 0 Å². The fourth-order valence-electron chi connectivity index (χ4n) is 3.09. The number of carbonyl (C=O) groups excluding carboxylic acids is 1. The molecule has 3 rings (SSSR count). The van der Waals surface area contributed by atoms with Crippen molar-refractivity contribution in [3.8, 4) is 0 Å². The molecule has 1 aromatic heterocycles. The van der Waals surface area contributed by atoms with Crippen LogP contribution in [0.2, 0.25) is 0 Å². The van der Waals surface area contributed by atoms with E-state index in [4.69, 9.17) is 11.6 Å². The smallest absolute Gasteiger partial charge is 0.254 e. The third-order valence-corrected chi connectivity index (χ3v) is 4.19. The second kappa shape index (κ2) is 4.30. The molecule has 0 saturated carbocycles. The predicted octanol–water partition coefficient (Wildman–Crippen LogP) is 2.46. The van der Waals surface area contributed by atoms with E-state index in [1.165, 1.54) is 0 Å². The highest BCUT2D eigenvalue weighted by molar-refractivity contribution is 6.20. The molecule has 2 atom stereocenters. The summed E-state index contributed by atoms with van der Waals surface area (Å²) in [4.78, 5) is 18.4. The van der Waals surface area contributed by atoms with Gasteiger partial charge in [0.1, 0.15) is 0 Å². The van der Waals surface area contributed by atoms with Gasteiger partial charge in [0.2, 0.25) is 0 Å². The fraction of sp³-hybridized carbons (Fsp3) is 0.538. The van der Waals surface area contributed by atoms with Crippen LogP contribution in [-0.2, 0) is 0 Å². The van der Waals surface area contributed by atoms with Gasteiger partial charge in [0.05, 0.1) is 0 Å². The second-order valence-electron chi connectivity index (χ2n) is 4.90. The largest absolute Gasteiger partial charge is 0.333 e. The molecule has 0 radical (unpaired) electrons. The number of rotatable bonds is 1. The van der Waals surface area contributed by atoms with Crippen molar-refractivity contribution >= 4 is 17.5 Å². The minimum absolute atomic E-state index is 0.142. The maximum atomic E-state index is 12.4. The van der Waals surface area contributed by atoms with E-state index in [0.717, 1.165) is 31.2 Å². The van der Waals surface area contributed by atoms with Gasteiger partial charge in [0.25, 0.3) is 5.91 Å². The number of piperidine rings is 1. The lowest BCUT2D eigenvalue weighted by molar-refractivity contribution is 0.0599. The summed E-state index contributed by atoms with van der Waals surface area (Å²) in [7, 11) is 0. The number of halogens is 1. The highest BCUT2D eigenvalue weighted by atomic mass is 35.5. The Bertz CT molecular complexity index is 409. The summed E-state index contributed by atoms with van der Waals surface area (Å²) in [6, 6.07) is 4.26. The van der Waals surface area contributed by atoms with Gasteiger partial charge in [-0.25, -0.2) is 0 Å². The lowest BCUT2D eigenvalue weighted by Gasteiger charge is -2.37. The van der Waals surface area contributed by atoms with Gasteiger partial charge in [-0.2, -0.15) is 0 Å². The first-order chi connectivity index (χ1) is 8.25. The van der Waals surface area contributed by atoms with E-state index in [1.54, 1.807) is 24.5 Å². The SMILES string of the molecule is O=C(c1ccncc1)N1C2CCC1CC(Cl)C2. The molecule has 0 aliphatic carbocycles. The summed E-state index contributed by atoms with van der Waals surface area (Å²) in [5.41, 5.74) is 0.741. The predicted molar refractivity (Wildman–Crippen MR) is 66.1 cm³/mol. The first-order valence-electron chi connectivity index (χ1n) is 6.12. The third-order valence-electron chi connectivity index (χ3n) is 3.84. The first-order valence-corrected chi connectivity index (χ1v) is 6.56. The average molecular weight is 251 g/mol. The maximum Gasteiger partial charge on any atom is 0.254 e. The third kappa shape index (κ3) is 1.93. The van der Waals surface area contributed by atoms with Crippen LogP contribution in [0.15, 0.2) is 24.5 Å². The van der Waals surface area contributed by atoms with Gasteiger partial charge < -0.3 is 4.90 Å². The van der Waals surface area contributed by atoms with E-state index in [9.17, 15) is 4.79 Å². The van der Waals surface area contributed by atoms with Crippen molar-refractivity contribution in [2.75, 3.05) is 0 Å². The standard InChI is InChI=1S/C13H15ClN2O/c14-10-7-11-1-2-12(8-10)16(11)13(17)9-3-5-15-6-4-9/h3-6,10-12H,1-2,7-8H2. The molecule has 0 aromatic carbocycles. The number of alkyl halides is 1. The van der Waals surface area contributed by atoms with Crippen LogP contribution in [0, 0.1) is 0 Å². The normalized spacial score (nSPS) is 31.6. The Kier molecular flexibility index (Phi) is 2.79. The molecule has 3 nitrogen and oxygen atoms in total. The molecule has 2 bridgehead atoms. The summed E-state index contributed by atoms with van der Waals surface area (Å²) in [6.45, 7) is 0. The number of hydrogen-bond acceptors (Lipinski definition) is 2. The van der Waals surface area contributed by atoms with Crippen molar-refractivity contribution in [1.82, 2.24) is 9.88 Å². The Morgan fingerprint density at radius 2 is 1.82 bits per heavy atom. The molecule has 4 heteroatoms. The fourth-order valence-corrected chi connectivity index (χ4v) is 3.50. The van der Waals surface area contributed by atoms with Crippen LogP contribution < -0.4 is 0 Å². The van der Waals surface area contributed by atoms with Gasteiger partial charge in [-0.15, -0.1) is 11.6 Å². The molecule has 17 heavy (non-hydrogen) atoms. The summed E-state index contributed by atoms with van der Waals surface area (Å²) in [5, 5.41) is 0.244. The van der Waals surface area contributed by atoms with Crippen LogP contribution >= 0.6 is 11.6 Å². The Labute approximate surface area is 106 Å². The molecule has 90 valence electrons. The molecular formula is C13H15ClN2O. The van der Waals surface area contributed by atoms with Crippen molar-refractivity contribution in [2.24, 2.45) is 0 Å². The van der Waals surface area contributed by atoms with E-state index >= 15 is 0 Å². The van der Waals surface area contributed by atoms with Crippen molar-refractivity contribution in [3.63, 3.8) is 0 Å².